The molecule has 1 heterocycles. The smallest absolute Gasteiger partial charge is 0.237 e. The van der Waals surface area contributed by atoms with Gasteiger partial charge in [0, 0.05) is 32.2 Å². The van der Waals surface area contributed by atoms with Gasteiger partial charge in [-0.1, -0.05) is 20.8 Å². The molecule has 1 fully saturated rings. The van der Waals surface area contributed by atoms with Crippen molar-refractivity contribution in [2.45, 2.75) is 39.3 Å². The summed E-state index contributed by atoms with van der Waals surface area (Å²) in [5.74, 6) is 0.188. The number of hydrogen-bond acceptors (Lipinski definition) is 3. The molecule has 88 valence electrons. The van der Waals surface area contributed by atoms with E-state index in [0.717, 1.165) is 32.6 Å². The molecule has 1 atom stereocenters. The quantitative estimate of drug-likeness (QED) is 0.685. The Balaban J connectivity index is 2.34. The normalized spacial score (nSPS) is 23.2. The van der Waals surface area contributed by atoms with Gasteiger partial charge in [0.05, 0.1) is 6.04 Å². The maximum atomic E-state index is 11.6. The molecule has 1 amide bonds. The first-order valence-electron chi connectivity index (χ1n) is 5.90. The van der Waals surface area contributed by atoms with E-state index in [-0.39, 0.29) is 11.9 Å². The minimum atomic E-state index is 0.0766. The summed E-state index contributed by atoms with van der Waals surface area (Å²) in [4.78, 5) is 13.8. The monoisotopic (exact) mass is 213 g/mol. The molecule has 0 saturated carbocycles. The molecule has 4 nitrogen and oxygen atoms in total. The van der Waals surface area contributed by atoms with Crippen LogP contribution in [0.25, 0.3) is 0 Å². The van der Waals surface area contributed by atoms with Gasteiger partial charge in [-0.15, -0.1) is 0 Å². The fourth-order valence-corrected chi connectivity index (χ4v) is 1.97. The van der Waals surface area contributed by atoms with Gasteiger partial charge in [-0.2, -0.15) is 0 Å². The maximum absolute atomic E-state index is 11.6. The molecule has 1 saturated heterocycles. The Bertz CT molecular complexity index is 206. The third-order valence-corrected chi connectivity index (χ3v) is 2.78. The number of carbonyl (C=O) groups excluding carboxylic acids is 1. The summed E-state index contributed by atoms with van der Waals surface area (Å²) in [5, 5.41) is 6.29. The van der Waals surface area contributed by atoms with E-state index < -0.39 is 0 Å². The van der Waals surface area contributed by atoms with Crippen LogP contribution in [0, 0.1) is 0 Å². The standard InChI is InChI=1S/C11H23N3O/c1-4-10-11(15)13-6-8-14(10)7-5-12-9(2)3/h9-10,12H,4-8H2,1-3H3,(H,13,15). The number of hydrogen-bond donors (Lipinski definition) is 2. The topological polar surface area (TPSA) is 44.4 Å². The average molecular weight is 213 g/mol. The Morgan fingerprint density at radius 1 is 1.60 bits per heavy atom. The largest absolute Gasteiger partial charge is 0.353 e. The lowest BCUT2D eigenvalue weighted by atomic mass is 10.1. The number of nitrogens with zero attached hydrogens (tertiary/aromatic N) is 1. The lowest BCUT2D eigenvalue weighted by Crippen LogP contribution is -2.56. The van der Waals surface area contributed by atoms with Gasteiger partial charge in [0.1, 0.15) is 0 Å². The lowest BCUT2D eigenvalue weighted by Gasteiger charge is -2.34. The Hall–Kier alpha value is -0.610. The van der Waals surface area contributed by atoms with Gasteiger partial charge in [-0.25, -0.2) is 0 Å². The molecule has 1 aliphatic rings. The zero-order valence-electron chi connectivity index (χ0n) is 10.0. The lowest BCUT2D eigenvalue weighted by molar-refractivity contribution is -0.129. The summed E-state index contributed by atoms with van der Waals surface area (Å²) in [7, 11) is 0. The van der Waals surface area contributed by atoms with Crippen LogP contribution in [-0.2, 0) is 4.79 Å². The molecule has 0 aromatic carbocycles. The molecular weight excluding hydrogens is 190 g/mol. The second kappa shape index (κ2) is 6.08. The number of carbonyl (C=O) groups is 1. The van der Waals surface area contributed by atoms with Crippen LogP contribution in [0.1, 0.15) is 27.2 Å². The summed E-state index contributed by atoms with van der Waals surface area (Å²) in [6.07, 6.45) is 0.896. The predicted octanol–water partition coefficient (Wildman–Crippen LogP) is 0.195. The molecule has 0 aromatic heterocycles. The van der Waals surface area contributed by atoms with Crippen molar-refractivity contribution in [2.24, 2.45) is 0 Å². The van der Waals surface area contributed by atoms with Crippen molar-refractivity contribution in [1.29, 1.82) is 0 Å². The summed E-state index contributed by atoms with van der Waals surface area (Å²) in [6, 6.07) is 0.594. The van der Waals surface area contributed by atoms with Crippen LogP contribution in [0.5, 0.6) is 0 Å². The Morgan fingerprint density at radius 3 is 2.93 bits per heavy atom. The van der Waals surface area contributed by atoms with E-state index in [9.17, 15) is 4.79 Å². The van der Waals surface area contributed by atoms with Crippen molar-refractivity contribution in [3.05, 3.63) is 0 Å². The first kappa shape index (κ1) is 12.5. The molecule has 1 aliphatic heterocycles. The highest BCUT2D eigenvalue weighted by Gasteiger charge is 2.27. The van der Waals surface area contributed by atoms with Crippen molar-refractivity contribution in [1.82, 2.24) is 15.5 Å². The molecule has 1 rings (SSSR count). The molecule has 4 heteroatoms. The van der Waals surface area contributed by atoms with Gasteiger partial charge in [0.2, 0.25) is 5.91 Å². The second-order valence-corrected chi connectivity index (χ2v) is 4.36. The van der Waals surface area contributed by atoms with Crippen LogP contribution in [-0.4, -0.2) is 49.1 Å². The summed E-state index contributed by atoms with van der Waals surface area (Å²) >= 11 is 0. The highest BCUT2D eigenvalue weighted by Crippen LogP contribution is 2.07. The van der Waals surface area contributed by atoms with Crippen LogP contribution < -0.4 is 10.6 Å². The van der Waals surface area contributed by atoms with E-state index in [1.54, 1.807) is 0 Å². The van der Waals surface area contributed by atoms with Crippen molar-refractivity contribution in [3.8, 4) is 0 Å². The van der Waals surface area contributed by atoms with Crippen LogP contribution >= 0.6 is 0 Å². The fraction of sp³-hybridized carbons (Fsp3) is 0.909. The van der Waals surface area contributed by atoms with Crippen molar-refractivity contribution in [2.75, 3.05) is 26.2 Å². The molecular formula is C11H23N3O. The first-order valence-corrected chi connectivity index (χ1v) is 5.90. The minimum absolute atomic E-state index is 0.0766. The number of nitrogens with one attached hydrogen (secondary N) is 2. The van der Waals surface area contributed by atoms with Crippen LogP contribution in [0.2, 0.25) is 0 Å². The highest BCUT2D eigenvalue weighted by atomic mass is 16.2. The predicted molar refractivity (Wildman–Crippen MR) is 61.8 cm³/mol. The summed E-state index contributed by atoms with van der Waals surface area (Å²) < 4.78 is 0. The third kappa shape index (κ3) is 3.80. The van der Waals surface area contributed by atoms with Gasteiger partial charge in [0.15, 0.2) is 0 Å². The Morgan fingerprint density at radius 2 is 2.33 bits per heavy atom. The van der Waals surface area contributed by atoms with Gasteiger partial charge >= 0.3 is 0 Å². The first-order chi connectivity index (χ1) is 7.15. The zero-order chi connectivity index (χ0) is 11.3. The van der Waals surface area contributed by atoms with Crippen LogP contribution in [0.4, 0.5) is 0 Å². The van der Waals surface area contributed by atoms with E-state index in [2.05, 4.69) is 36.3 Å². The van der Waals surface area contributed by atoms with Gasteiger partial charge in [-0.05, 0) is 6.42 Å². The highest BCUT2D eigenvalue weighted by molar-refractivity contribution is 5.82. The zero-order valence-corrected chi connectivity index (χ0v) is 10.0. The van der Waals surface area contributed by atoms with Crippen LogP contribution in [0.15, 0.2) is 0 Å². The maximum Gasteiger partial charge on any atom is 0.237 e. The van der Waals surface area contributed by atoms with Crippen molar-refractivity contribution < 1.29 is 4.79 Å². The number of rotatable bonds is 5. The van der Waals surface area contributed by atoms with E-state index in [0.29, 0.717) is 6.04 Å². The molecule has 0 radical (unpaired) electrons. The molecule has 0 aromatic rings. The van der Waals surface area contributed by atoms with Gasteiger partial charge < -0.3 is 10.6 Å². The number of piperazine rings is 1. The molecule has 0 spiro atoms. The SMILES string of the molecule is CCC1C(=O)NCCN1CCNC(C)C. The molecule has 0 bridgehead atoms. The second-order valence-electron chi connectivity index (χ2n) is 4.36. The average Bonchev–Trinajstić information content (AvgIpc) is 2.17. The van der Waals surface area contributed by atoms with Crippen LogP contribution in [0.3, 0.4) is 0 Å². The Labute approximate surface area is 92.4 Å². The summed E-state index contributed by atoms with van der Waals surface area (Å²) in [6.45, 7) is 10.0. The molecule has 1 unspecified atom stereocenters. The van der Waals surface area contributed by atoms with Crippen molar-refractivity contribution >= 4 is 5.91 Å². The van der Waals surface area contributed by atoms with Gasteiger partial charge in [0.25, 0.3) is 0 Å². The molecule has 2 N–H and O–H groups in total. The fourth-order valence-electron chi connectivity index (χ4n) is 1.97. The van der Waals surface area contributed by atoms with E-state index >= 15 is 0 Å². The molecule has 0 aliphatic carbocycles. The molecule has 15 heavy (non-hydrogen) atoms. The Kier molecular flexibility index (Phi) is 5.05. The third-order valence-electron chi connectivity index (χ3n) is 2.78. The summed E-state index contributed by atoms with van der Waals surface area (Å²) in [5.41, 5.74) is 0. The van der Waals surface area contributed by atoms with E-state index in [1.165, 1.54) is 0 Å². The van der Waals surface area contributed by atoms with Gasteiger partial charge in [-0.3, -0.25) is 9.69 Å². The number of amides is 1. The minimum Gasteiger partial charge on any atom is -0.353 e. The van der Waals surface area contributed by atoms with E-state index in [1.807, 2.05) is 0 Å². The van der Waals surface area contributed by atoms with Crippen molar-refractivity contribution in [3.63, 3.8) is 0 Å². The van der Waals surface area contributed by atoms with E-state index in [4.69, 9.17) is 0 Å².